The van der Waals surface area contributed by atoms with Crippen LogP contribution in [-0.2, 0) is 6.42 Å². The first-order chi connectivity index (χ1) is 8.70. The van der Waals surface area contributed by atoms with Gasteiger partial charge in [-0.3, -0.25) is 4.79 Å². The number of hydrogen-bond acceptors (Lipinski definition) is 1. The van der Waals surface area contributed by atoms with Gasteiger partial charge in [-0.1, -0.05) is 41.9 Å². The fourth-order valence-corrected chi connectivity index (χ4v) is 2.08. The van der Waals surface area contributed by atoms with Crippen molar-refractivity contribution in [2.24, 2.45) is 0 Å². The number of benzene rings is 2. The van der Waals surface area contributed by atoms with Gasteiger partial charge in [-0.2, -0.15) is 0 Å². The second-order valence-corrected chi connectivity index (χ2v) is 4.48. The van der Waals surface area contributed by atoms with Gasteiger partial charge in [-0.25, -0.2) is 0 Å². The molecule has 0 spiro atoms. The Bertz CT molecular complexity index is 552. The molecule has 3 heteroatoms. The Morgan fingerprint density at radius 3 is 2.56 bits per heavy atom. The molecule has 2 aromatic rings. The van der Waals surface area contributed by atoms with E-state index < -0.39 is 0 Å². The van der Waals surface area contributed by atoms with Gasteiger partial charge < -0.3 is 5.32 Å². The molecule has 0 aromatic heterocycles. The Morgan fingerprint density at radius 2 is 1.89 bits per heavy atom. The maximum Gasteiger partial charge on any atom is 0.251 e. The van der Waals surface area contributed by atoms with Crippen LogP contribution < -0.4 is 5.32 Å². The third-order valence-electron chi connectivity index (χ3n) is 2.78. The lowest BCUT2D eigenvalue weighted by molar-refractivity contribution is 0.0962. The summed E-state index contributed by atoms with van der Waals surface area (Å²) >= 11 is 6.00. The van der Waals surface area contributed by atoms with Crippen molar-refractivity contribution in [1.29, 1.82) is 0 Å². The summed E-state index contributed by atoms with van der Waals surface area (Å²) in [4.78, 5) is 11.8. The Balaban J connectivity index is 2.36. The normalized spacial score (nSPS) is 10.1. The Labute approximate surface area is 112 Å². The number of nitrogens with one attached hydrogen (secondary N) is 1. The van der Waals surface area contributed by atoms with E-state index in [0.29, 0.717) is 17.0 Å². The second kappa shape index (κ2) is 5.69. The minimum absolute atomic E-state index is 0.0856. The van der Waals surface area contributed by atoms with Gasteiger partial charge in [0.25, 0.3) is 5.91 Å². The smallest absolute Gasteiger partial charge is 0.251 e. The maximum atomic E-state index is 11.8. The van der Waals surface area contributed by atoms with Crippen molar-refractivity contribution in [3.05, 3.63) is 70.2 Å². The van der Waals surface area contributed by atoms with E-state index in [1.54, 1.807) is 19.2 Å². The maximum absolute atomic E-state index is 11.8. The van der Waals surface area contributed by atoms with Crippen LogP contribution in [0, 0.1) is 0 Å². The zero-order valence-corrected chi connectivity index (χ0v) is 10.9. The number of halogens is 1. The zero-order chi connectivity index (χ0) is 13.0. The lowest BCUT2D eigenvalue weighted by Crippen LogP contribution is -2.19. The molecule has 2 rings (SSSR count). The number of carbonyl (C=O) groups is 1. The average molecular weight is 260 g/mol. The average Bonchev–Trinajstić information content (AvgIpc) is 2.39. The summed E-state index contributed by atoms with van der Waals surface area (Å²) in [7, 11) is 1.63. The van der Waals surface area contributed by atoms with E-state index in [-0.39, 0.29) is 5.91 Å². The molecular formula is C15H14ClNO. The third-order valence-corrected chi connectivity index (χ3v) is 3.01. The van der Waals surface area contributed by atoms with Gasteiger partial charge in [0.05, 0.1) is 0 Å². The monoisotopic (exact) mass is 259 g/mol. The zero-order valence-electron chi connectivity index (χ0n) is 10.1. The molecule has 92 valence electrons. The molecule has 0 fully saturated rings. The molecule has 0 aliphatic rings. The third kappa shape index (κ3) is 2.90. The number of carbonyl (C=O) groups excluding carboxylic acids is 1. The summed E-state index contributed by atoms with van der Waals surface area (Å²) in [6.07, 6.45) is 0.699. The highest BCUT2D eigenvalue weighted by Gasteiger charge is 2.10. The number of hydrogen-bond donors (Lipinski definition) is 1. The van der Waals surface area contributed by atoms with Crippen LogP contribution in [0.5, 0.6) is 0 Å². The van der Waals surface area contributed by atoms with E-state index in [1.807, 2.05) is 36.4 Å². The summed E-state index contributed by atoms with van der Waals surface area (Å²) in [5.74, 6) is -0.0856. The van der Waals surface area contributed by atoms with Crippen LogP contribution in [0.15, 0.2) is 48.5 Å². The van der Waals surface area contributed by atoms with Crippen molar-refractivity contribution in [3.63, 3.8) is 0 Å². The molecule has 18 heavy (non-hydrogen) atoms. The van der Waals surface area contributed by atoms with Gasteiger partial charge in [0.2, 0.25) is 0 Å². The predicted molar refractivity (Wildman–Crippen MR) is 74.1 cm³/mol. The predicted octanol–water partition coefficient (Wildman–Crippen LogP) is 3.29. The van der Waals surface area contributed by atoms with Crippen molar-refractivity contribution in [1.82, 2.24) is 5.32 Å². The first kappa shape index (κ1) is 12.7. The van der Waals surface area contributed by atoms with E-state index in [0.717, 1.165) is 11.1 Å². The SMILES string of the molecule is CNC(=O)c1ccc(Cl)cc1Cc1ccccc1. The molecule has 0 aliphatic heterocycles. The summed E-state index contributed by atoms with van der Waals surface area (Å²) in [6, 6.07) is 15.4. The molecule has 0 unspecified atom stereocenters. The van der Waals surface area contributed by atoms with Crippen molar-refractivity contribution in [2.75, 3.05) is 7.05 Å². The molecular weight excluding hydrogens is 246 g/mol. The Kier molecular flexibility index (Phi) is 4.00. The number of amides is 1. The second-order valence-electron chi connectivity index (χ2n) is 4.04. The molecule has 2 aromatic carbocycles. The molecule has 0 heterocycles. The van der Waals surface area contributed by atoms with Gasteiger partial charge in [-0.05, 0) is 35.7 Å². The molecule has 0 bridgehead atoms. The highest BCUT2D eigenvalue weighted by molar-refractivity contribution is 6.30. The minimum Gasteiger partial charge on any atom is -0.355 e. The summed E-state index contributed by atoms with van der Waals surface area (Å²) in [5, 5.41) is 3.29. The summed E-state index contributed by atoms with van der Waals surface area (Å²) in [5.41, 5.74) is 2.77. The topological polar surface area (TPSA) is 29.1 Å². The van der Waals surface area contributed by atoms with Gasteiger partial charge >= 0.3 is 0 Å². The summed E-state index contributed by atoms with van der Waals surface area (Å²) in [6.45, 7) is 0. The standard InChI is InChI=1S/C15H14ClNO/c1-17-15(18)14-8-7-13(16)10-12(14)9-11-5-3-2-4-6-11/h2-8,10H,9H2,1H3,(H,17,18). The van der Waals surface area contributed by atoms with Crippen LogP contribution in [0.1, 0.15) is 21.5 Å². The van der Waals surface area contributed by atoms with Crippen molar-refractivity contribution < 1.29 is 4.79 Å². The first-order valence-electron chi connectivity index (χ1n) is 5.75. The number of rotatable bonds is 3. The van der Waals surface area contributed by atoms with Crippen LogP contribution in [0.4, 0.5) is 0 Å². The van der Waals surface area contributed by atoms with E-state index in [4.69, 9.17) is 11.6 Å². The van der Waals surface area contributed by atoms with Crippen LogP contribution in [0.25, 0.3) is 0 Å². The van der Waals surface area contributed by atoms with E-state index in [1.165, 1.54) is 0 Å². The van der Waals surface area contributed by atoms with Gasteiger partial charge in [0.15, 0.2) is 0 Å². The Hall–Kier alpha value is -1.80. The fraction of sp³-hybridized carbons (Fsp3) is 0.133. The highest BCUT2D eigenvalue weighted by atomic mass is 35.5. The van der Waals surface area contributed by atoms with Crippen LogP contribution in [-0.4, -0.2) is 13.0 Å². The molecule has 1 amide bonds. The molecule has 0 radical (unpaired) electrons. The van der Waals surface area contributed by atoms with Crippen molar-refractivity contribution in [3.8, 4) is 0 Å². The van der Waals surface area contributed by atoms with Crippen molar-refractivity contribution in [2.45, 2.75) is 6.42 Å². The van der Waals surface area contributed by atoms with Crippen LogP contribution in [0.2, 0.25) is 5.02 Å². The molecule has 2 nitrogen and oxygen atoms in total. The molecule has 0 saturated carbocycles. The van der Waals surface area contributed by atoms with Gasteiger partial charge in [-0.15, -0.1) is 0 Å². The van der Waals surface area contributed by atoms with Crippen LogP contribution >= 0.6 is 11.6 Å². The highest BCUT2D eigenvalue weighted by Crippen LogP contribution is 2.19. The Morgan fingerprint density at radius 1 is 1.17 bits per heavy atom. The fourth-order valence-electron chi connectivity index (χ4n) is 1.88. The molecule has 1 N–H and O–H groups in total. The van der Waals surface area contributed by atoms with Gasteiger partial charge in [0.1, 0.15) is 0 Å². The lowest BCUT2D eigenvalue weighted by atomic mass is 9.99. The first-order valence-corrected chi connectivity index (χ1v) is 6.13. The summed E-state index contributed by atoms with van der Waals surface area (Å²) < 4.78 is 0. The quantitative estimate of drug-likeness (QED) is 0.900. The lowest BCUT2D eigenvalue weighted by Gasteiger charge is -2.09. The van der Waals surface area contributed by atoms with Crippen LogP contribution in [0.3, 0.4) is 0 Å². The van der Waals surface area contributed by atoms with Crippen molar-refractivity contribution >= 4 is 17.5 Å². The van der Waals surface area contributed by atoms with E-state index in [2.05, 4.69) is 5.32 Å². The molecule has 0 aliphatic carbocycles. The van der Waals surface area contributed by atoms with E-state index in [9.17, 15) is 4.79 Å². The largest absolute Gasteiger partial charge is 0.355 e. The molecule has 0 saturated heterocycles. The van der Waals surface area contributed by atoms with Gasteiger partial charge in [0, 0.05) is 17.6 Å². The minimum atomic E-state index is -0.0856. The van der Waals surface area contributed by atoms with E-state index >= 15 is 0 Å². The molecule has 0 atom stereocenters.